The first-order chi connectivity index (χ1) is 8.41. The van der Waals surface area contributed by atoms with Crippen LogP contribution in [-0.2, 0) is 0 Å². The Balaban J connectivity index is 2.60. The van der Waals surface area contributed by atoms with E-state index >= 15 is 0 Å². The summed E-state index contributed by atoms with van der Waals surface area (Å²) in [5.41, 5.74) is 1.88. The molecule has 0 saturated carbocycles. The third-order valence-corrected chi connectivity index (χ3v) is 3.72. The average Bonchev–Trinajstić information content (AvgIpc) is 2.31. The van der Waals surface area contributed by atoms with Gasteiger partial charge in [0.25, 0.3) is 5.91 Å². The van der Waals surface area contributed by atoms with E-state index in [2.05, 4.69) is 20.8 Å². The van der Waals surface area contributed by atoms with Gasteiger partial charge < -0.3 is 9.80 Å². The first-order valence-electron chi connectivity index (χ1n) is 6.08. The van der Waals surface area contributed by atoms with Crippen molar-refractivity contribution in [3.05, 3.63) is 33.8 Å². The number of halogens is 1. The van der Waals surface area contributed by atoms with Crippen molar-refractivity contribution >= 4 is 21.8 Å². The van der Waals surface area contributed by atoms with Crippen LogP contribution >= 0.6 is 15.9 Å². The maximum atomic E-state index is 12.2. The quantitative estimate of drug-likeness (QED) is 0.834. The predicted octanol–water partition coefficient (Wildman–Crippen LogP) is 2.78. The fourth-order valence-corrected chi connectivity index (χ4v) is 2.05. The normalized spacial score (nSPS) is 10.8. The van der Waals surface area contributed by atoms with Crippen LogP contribution in [0.4, 0.5) is 0 Å². The summed E-state index contributed by atoms with van der Waals surface area (Å²) in [5.74, 6) is 0.0782. The molecule has 0 N–H and O–H groups in total. The Labute approximate surface area is 118 Å². The van der Waals surface area contributed by atoms with Crippen molar-refractivity contribution in [2.45, 2.75) is 13.3 Å². The molecule has 1 rings (SSSR count). The van der Waals surface area contributed by atoms with E-state index in [1.54, 1.807) is 4.90 Å². The van der Waals surface area contributed by atoms with Gasteiger partial charge in [-0.05, 0) is 51.7 Å². The maximum Gasteiger partial charge on any atom is 0.253 e. The van der Waals surface area contributed by atoms with Crippen LogP contribution in [-0.4, -0.2) is 49.9 Å². The number of hydrogen-bond donors (Lipinski definition) is 0. The van der Waals surface area contributed by atoms with Gasteiger partial charge in [-0.15, -0.1) is 0 Å². The van der Waals surface area contributed by atoms with Gasteiger partial charge in [0.15, 0.2) is 0 Å². The average molecular weight is 313 g/mol. The molecule has 0 aliphatic carbocycles. The van der Waals surface area contributed by atoms with Crippen molar-refractivity contribution in [1.82, 2.24) is 9.80 Å². The highest BCUT2D eigenvalue weighted by molar-refractivity contribution is 9.10. The smallest absolute Gasteiger partial charge is 0.253 e. The van der Waals surface area contributed by atoms with Gasteiger partial charge in [-0.3, -0.25) is 4.79 Å². The third kappa shape index (κ3) is 4.42. The van der Waals surface area contributed by atoms with Crippen LogP contribution in [0.25, 0.3) is 0 Å². The van der Waals surface area contributed by atoms with Crippen LogP contribution in [0.5, 0.6) is 0 Å². The van der Waals surface area contributed by atoms with Crippen molar-refractivity contribution in [3.8, 4) is 0 Å². The van der Waals surface area contributed by atoms with Gasteiger partial charge in [0.05, 0.1) is 0 Å². The maximum absolute atomic E-state index is 12.2. The Bertz CT molecular complexity index is 418. The standard InChI is InChI=1S/C14H21BrN2O/c1-11-6-7-12(10-13(11)15)14(18)17(4)9-5-8-16(2)3/h6-7,10H,5,8-9H2,1-4H3. The highest BCUT2D eigenvalue weighted by Crippen LogP contribution is 2.18. The van der Waals surface area contributed by atoms with Crippen molar-refractivity contribution in [2.75, 3.05) is 34.2 Å². The molecule has 1 aromatic carbocycles. The second-order valence-corrected chi connectivity index (χ2v) is 5.70. The van der Waals surface area contributed by atoms with Gasteiger partial charge >= 0.3 is 0 Å². The molecular weight excluding hydrogens is 292 g/mol. The summed E-state index contributed by atoms with van der Waals surface area (Å²) in [4.78, 5) is 16.1. The zero-order valence-corrected chi connectivity index (χ0v) is 13.1. The van der Waals surface area contributed by atoms with Crippen molar-refractivity contribution in [1.29, 1.82) is 0 Å². The molecular formula is C14H21BrN2O. The summed E-state index contributed by atoms with van der Waals surface area (Å²) in [7, 11) is 5.93. The number of aryl methyl sites for hydroxylation is 1. The molecule has 0 spiro atoms. The molecule has 1 aromatic rings. The summed E-state index contributed by atoms with van der Waals surface area (Å²) in [5, 5.41) is 0. The van der Waals surface area contributed by atoms with Crippen LogP contribution in [0, 0.1) is 6.92 Å². The largest absolute Gasteiger partial charge is 0.342 e. The monoisotopic (exact) mass is 312 g/mol. The Morgan fingerprint density at radius 1 is 1.22 bits per heavy atom. The molecule has 0 aromatic heterocycles. The van der Waals surface area contributed by atoms with E-state index in [0.29, 0.717) is 0 Å². The van der Waals surface area contributed by atoms with E-state index in [1.165, 1.54) is 0 Å². The number of rotatable bonds is 5. The van der Waals surface area contributed by atoms with E-state index in [4.69, 9.17) is 0 Å². The van der Waals surface area contributed by atoms with Gasteiger partial charge in [0.1, 0.15) is 0 Å². The van der Waals surface area contributed by atoms with Gasteiger partial charge in [0.2, 0.25) is 0 Å². The molecule has 0 atom stereocenters. The van der Waals surface area contributed by atoms with Crippen LogP contribution in [0.3, 0.4) is 0 Å². The molecule has 0 aliphatic rings. The summed E-state index contributed by atoms with van der Waals surface area (Å²) >= 11 is 3.46. The van der Waals surface area contributed by atoms with Crippen molar-refractivity contribution in [3.63, 3.8) is 0 Å². The zero-order valence-electron chi connectivity index (χ0n) is 11.5. The third-order valence-electron chi connectivity index (χ3n) is 2.86. The molecule has 1 amide bonds. The molecule has 0 unspecified atom stereocenters. The Kier molecular flexibility index (Phi) is 5.82. The molecule has 0 fully saturated rings. The molecule has 3 nitrogen and oxygen atoms in total. The lowest BCUT2D eigenvalue weighted by molar-refractivity contribution is 0.0790. The second-order valence-electron chi connectivity index (χ2n) is 4.85. The van der Waals surface area contributed by atoms with Crippen LogP contribution in [0.15, 0.2) is 22.7 Å². The minimum Gasteiger partial charge on any atom is -0.342 e. The van der Waals surface area contributed by atoms with E-state index in [9.17, 15) is 4.79 Å². The van der Waals surface area contributed by atoms with Crippen LogP contribution in [0.2, 0.25) is 0 Å². The Morgan fingerprint density at radius 3 is 2.44 bits per heavy atom. The number of hydrogen-bond acceptors (Lipinski definition) is 2. The Hall–Kier alpha value is -0.870. The SMILES string of the molecule is Cc1ccc(C(=O)N(C)CCCN(C)C)cc1Br. The number of carbonyl (C=O) groups is 1. The molecule has 0 bridgehead atoms. The van der Waals surface area contributed by atoms with Crippen molar-refractivity contribution < 1.29 is 4.79 Å². The minimum atomic E-state index is 0.0782. The van der Waals surface area contributed by atoms with E-state index in [1.807, 2.05) is 46.3 Å². The van der Waals surface area contributed by atoms with Crippen LogP contribution < -0.4 is 0 Å². The summed E-state index contributed by atoms with van der Waals surface area (Å²) in [6, 6.07) is 5.73. The number of nitrogens with zero attached hydrogens (tertiary/aromatic N) is 2. The predicted molar refractivity (Wildman–Crippen MR) is 79.0 cm³/mol. The lowest BCUT2D eigenvalue weighted by Crippen LogP contribution is -2.29. The molecule has 0 radical (unpaired) electrons. The highest BCUT2D eigenvalue weighted by Gasteiger charge is 2.12. The summed E-state index contributed by atoms with van der Waals surface area (Å²) in [6.07, 6.45) is 0.988. The fourth-order valence-electron chi connectivity index (χ4n) is 1.67. The minimum absolute atomic E-state index is 0.0782. The molecule has 18 heavy (non-hydrogen) atoms. The Morgan fingerprint density at radius 2 is 1.89 bits per heavy atom. The molecule has 0 heterocycles. The lowest BCUT2D eigenvalue weighted by Gasteiger charge is -2.19. The first-order valence-corrected chi connectivity index (χ1v) is 6.87. The van der Waals surface area contributed by atoms with Gasteiger partial charge in [-0.1, -0.05) is 22.0 Å². The van der Waals surface area contributed by atoms with E-state index < -0.39 is 0 Å². The van der Waals surface area contributed by atoms with Gasteiger partial charge in [0, 0.05) is 23.6 Å². The van der Waals surface area contributed by atoms with Crippen molar-refractivity contribution in [2.24, 2.45) is 0 Å². The molecule has 100 valence electrons. The number of amides is 1. The molecule has 4 heteroatoms. The van der Waals surface area contributed by atoms with E-state index in [-0.39, 0.29) is 5.91 Å². The zero-order chi connectivity index (χ0) is 13.7. The number of benzene rings is 1. The highest BCUT2D eigenvalue weighted by atomic mass is 79.9. The second kappa shape index (κ2) is 6.90. The first kappa shape index (κ1) is 15.2. The summed E-state index contributed by atoms with van der Waals surface area (Å²) in [6.45, 7) is 3.79. The van der Waals surface area contributed by atoms with Crippen LogP contribution in [0.1, 0.15) is 22.3 Å². The topological polar surface area (TPSA) is 23.6 Å². The van der Waals surface area contributed by atoms with E-state index in [0.717, 1.165) is 35.1 Å². The lowest BCUT2D eigenvalue weighted by atomic mass is 10.1. The molecule has 0 aliphatic heterocycles. The van der Waals surface area contributed by atoms with Gasteiger partial charge in [-0.25, -0.2) is 0 Å². The molecule has 0 saturated heterocycles. The fraction of sp³-hybridized carbons (Fsp3) is 0.500. The van der Waals surface area contributed by atoms with Gasteiger partial charge in [-0.2, -0.15) is 0 Å². The number of carbonyl (C=O) groups excluding carboxylic acids is 1. The summed E-state index contributed by atoms with van der Waals surface area (Å²) < 4.78 is 0.982.